The molecule has 0 radical (unpaired) electrons. The van der Waals surface area contributed by atoms with Crippen molar-refractivity contribution in [3.63, 3.8) is 0 Å². The molecule has 158 valence electrons. The van der Waals surface area contributed by atoms with Crippen molar-refractivity contribution >= 4 is 17.5 Å². The number of carbonyl (C=O) groups excluding carboxylic acids is 3. The van der Waals surface area contributed by atoms with Crippen molar-refractivity contribution in [2.24, 2.45) is 10.8 Å². The lowest BCUT2D eigenvalue weighted by atomic mass is 9.62. The number of nitrogens with zero attached hydrogens (tertiary/aromatic N) is 1. The molecule has 0 unspecified atom stereocenters. The lowest BCUT2D eigenvalue weighted by molar-refractivity contribution is -0.142. The zero-order valence-electron chi connectivity index (χ0n) is 18.6. The van der Waals surface area contributed by atoms with Crippen molar-refractivity contribution in [1.82, 2.24) is 4.90 Å². The summed E-state index contributed by atoms with van der Waals surface area (Å²) < 4.78 is 0. The van der Waals surface area contributed by atoms with Gasteiger partial charge in [-0.1, -0.05) is 12.8 Å². The molecule has 1 aliphatic heterocycles. The highest BCUT2D eigenvalue weighted by molar-refractivity contribution is 6.10. The average Bonchev–Trinajstić information content (AvgIpc) is 3.42. The van der Waals surface area contributed by atoms with Crippen LogP contribution in [0.25, 0.3) is 0 Å². The van der Waals surface area contributed by atoms with E-state index in [4.69, 9.17) is 0 Å². The Hall–Kier alpha value is -2.41. The van der Waals surface area contributed by atoms with E-state index in [2.05, 4.69) is 11.8 Å². The molecule has 1 saturated heterocycles. The van der Waals surface area contributed by atoms with E-state index < -0.39 is 5.92 Å². The van der Waals surface area contributed by atoms with Gasteiger partial charge in [-0.3, -0.25) is 14.4 Å². The third-order valence-electron chi connectivity index (χ3n) is 7.52. The van der Waals surface area contributed by atoms with Gasteiger partial charge in [-0.05, 0) is 80.7 Å². The highest BCUT2D eigenvalue weighted by atomic mass is 16.2. The number of benzene rings is 1. The second kappa shape index (κ2) is 7.38. The minimum atomic E-state index is -0.649. The van der Waals surface area contributed by atoms with Gasteiger partial charge < -0.3 is 4.90 Å². The maximum absolute atomic E-state index is 13.2. The number of hydrogen-bond acceptors (Lipinski definition) is 3. The number of piperidine rings is 1. The predicted molar refractivity (Wildman–Crippen MR) is 116 cm³/mol. The van der Waals surface area contributed by atoms with Gasteiger partial charge in [0, 0.05) is 36.9 Å². The van der Waals surface area contributed by atoms with Crippen LogP contribution in [0.3, 0.4) is 0 Å². The van der Waals surface area contributed by atoms with Crippen LogP contribution < -0.4 is 0 Å². The molecule has 4 heteroatoms. The van der Waals surface area contributed by atoms with Gasteiger partial charge >= 0.3 is 0 Å². The molecule has 1 amide bonds. The molecule has 1 heterocycles. The monoisotopic (exact) mass is 405 g/mol. The maximum atomic E-state index is 13.2. The summed E-state index contributed by atoms with van der Waals surface area (Å²) in [5.74, 6) is 5.66. The quantitative estimate of drug-likeness (QED) is 0.550. The highest BCUT2D eigenvalue weighted by Crippen LogP contribution is 2.50. The Morgan fingerprint density at radius 1 is 1.00 bits per heavy atom. The van der Waals surface area contributed by atoms with Crippen LogP contribution in [0, 0.1) is 36.5 Å². The average molecular weight is 406 g/mol. The van der Waals surface area contributed by atoms with Crippen molar-refractivity contribution < 1.29 is 14.4 Å². The Balaban J connectivity index is 1.51. The summed E-state index contributed by atoms with van der Waals surface area (Å²) in [5.41, 5.74) is 3.31. The summed E-state index contributed by atoms with van der Waals surface area (Å²) in [7, 11) is 0. The molecule has 1 spiro atoms. The molecule has 0 N–H and O–H groups in total. The van der Waals surface area contributed by atoms with Crippen LogP contribution in [-0.2, 0) is 14.4 Å². The fraction of sp³-hybridized carbons (Fsp3) is 0.577. The van der Waals surface area contributed by atoms with Crippen molar-refractivity contribution in [1.29, 1.82) is 0 Å². The van der Waals surface area contributed by atoms with E-state index in [0.717, 1.165) is 47.9 Å². The Morgan fingerprint density at radius 3 is 2.00 bits per heavy atom. The summed E-state index contributed by atoms with van der Waals surface area (Å²) in [6, 6.07) is 3.96. The van der Waals surface area contributed by atoms with E-state index in [1.165, 1.54) is 0 Å². The third-order valence-corrected chi connectivity index (χ3v) is 7.52. The van der Waals surface area contributed by atoms with Crippen LogP contribution in [0.1, 0.15) is 80.5 Å². The molecule has 30 heavy (non-hydrogen) atoms. The SMILES string of the molecule is CC#Cc1cc(C)c(C2C(=O)CC3(CCN(C(=O)C4(C)CC4)CC3)CC2=O)c(C)c1. The van der Waals surface area contributed by atoms with Gasteiger partial charge in [-0.25, -0.2) is 0 Å². The molecule has 4 nitrogen and oxygen atoms in total. The zero-order valence-corrected chi connectivity index (χ0v) is 18.6. The smallest absolute Gasteiger partial charge is 0.228 e. The summed E-state index contributed by atoms with van der Waals surface area (Å²) in [5, 5.41) is 0. The molecule has 1 aromatic carbocycles. The van der Waals surface area contributed by atoms with Gasteiger partial charge in [0.1, 0.15) is 17.5 Å². The summed E-state index contributed by atoms with van der Waals surface area (Å²) >= 11 is 0. The lowest BCUT2D eigenvalue weighted by Gasteiger charge is -2.45. The predicted octanol–water partition coefficient (Wildman–Crippen LogP) is 4.10. The van der Waals surface area contributed by atoms with E-state index in [9.17, 15) is 14.4 Å². The van der Waals surface area contributed by atoms with Gasteiger partial charge in [-0.15, -0.1) is 5.92 Å². The van der Waals surface area contributed by atoms with Crippen LogP contribution in [0.2, 0.25) is 0 Å². The molecule has 4 rings (SSSR count). The number of likely N-dealkylation sites (tertiary alicyclic amines) is 1. The van der Waals surface area contributed by atoms with Crippen LogP contribution in [0.4, 0.5) is 0 Å². The van der Waals surface area contributed by atoms with Crippen molar-refractivity contribution in [2.45, 2.75) is 72.1 Å². The van der Waals surface area contributed by atoms with Crippen LogP contribution in [0.5, 0.6) is 0 Å². The van der Waals surface area contributed by atoms with E-state index in [1.807, 2.05) is 37.8 Å². The minimum Gasteiger partial charge on any atom is -0.342 e. The number of rotatable bonds is 2. The van der Waals surface area contributed by atoms with E-state index in [-0.39, 0.29) is 28.3 Å². The molecule has 3 aliphatic rings. The number of aryl methyl sites for hydroxylation is 2. The first-order valence-electron chi connectivity index (χ1n) is 11.1. The first kappa shape index (κ1) is 20.8. The van der Waals surface area contributed by atoms with Gasteiger partial charge in [0.15, 0.2) is 0 Å². The first-order valence-corrected chi connectivity index (χ1v) is 11.1. The largest absolute Gasteiger partial charge is 0.342 e. The standard InChI is InChI=1S/C26H31NO3/c1-5-6-19-13-17(2)22(18(3)14-19)23-20(28)15-26(16-21(23)29)9-11-27(12-10-26)24(30)25(4)7-8-25/h13-14,23H,7-12,15-16H2,1-4H3. The Labute approximate surface area is 179 Å². The van der Waals surface area contributed by atoms with Gasteiger partial charge in [0.25, 0.3) is 0 Å². The fourth-order valence-corrected chi connectivity index (χ4v) is 5.47. The maximum Gasteiger partial charge on any atom is 0.228 e. The molecule has 0 aromatic heterocycles. The van der Waals surface area contributed by atoms with E-state index >= 15 is 0 Å². The van der Waals surface area contributed by atoms with Crippen molar-refractivity contribution in [2.75, 3.05) is 13.1 Å². The number of ketones is 2. The summed E-state index contributed by atoms with van der Waals surface area (Å²) in [4.78, 5) is 41.1. The first-order chi connectivity index (χ1) is 14.2. The number of Topliss-reactive ketones (excluding diaryl/α,β-unsaturated/α-hetero) is 2. The Bertz CT molecular complexity index is 938. The van der Waals surface area contributed by atoms with Crippen LogP contribution in [0.15, 0.2) is 12.1 Å². The number of carbonyl (C=O) groups is 3. The van der Waals surface area contributed by atoms with Gasteiger partial charge in [0.2, 0.25) is 5.91 Å². The molecular weight excluding hydrogens is 374 g/mol. The summed E-state index contributed by atoms with van der Waals surface area (Å²) in [6.07, 6.45) is 4.35. The Kier molecular flexibility index (Phi) is 5.12. The Morgan fingerprint density at radius 2 is 1.53 bits per heavy atom. The molecule has 3 fully saturated rings. The molecule has 2 aliphatic carbocycles. The third kappa shape index (κ3) is 3.60. The lowest BCUT2D eigenvalue weighted by Crippen LogP contribution is -2.49. The topological polar surface area (TPSA) is 54.5 Å². The molecule has 0 atom stereocenters. The van der Waals surface area contributed by atoms with E-state index in [0.29, 0.717) is 25.9 Å². The second-order valence-corrected chi connectivity index (χ2v) is 9.97. The van der Waals surface area contributed by atoms with Crippen molar-refractivity contribution in [3.8, 4) is 11.8 Å². The normalized spacial score (nSPS) is 22.6. The molecule has 2 saturated carbocycles. The fourth-order valence-electron chi connectivity index (χ4n) is 5.47. The number of amides is 1. The van der Waals surface area contributed by atoms with Crippen LogP contribution in [-0.4, -0.2) is 35.5 Å². The molecular formula is C26H31NO3. The zero-order chi connectivity index (χ0) is 21.7. The van der Waals surface area contributed by atoms with Crippen LogP contribution >= 0.6 is 0 Å². The molecule has 1 aromatic rings. The minimum absolute atomic E-state index is 0.0423. The second-order valence-electron chi connectivity index (χ2n) is 9.97. The summed E-state index contributed by atoms with van der Waals surface area (Å²) in [6.45, 7) is 9.12. The van der Waals surface area contributed by atoms with Gasteiger partial charge in [0.05, 0.1) is 0 Å². The number of hydrogen-bond donors (Lipinski definition) is 0. The van der Waals surface area contributed by atoms with Gasteiger partial charge in [-0.2, -0.15) is 0 Å². The van der Waals surface area contributed by atoms with Crippen molar-refractivity contribution in [3.05, 3.63) is 34.4 Å². The molecule has 0 bridgehead atoms. The van der Waals surface area contributed by atoms with E-state index in [1.54, 1.807) is 6.92 Å². The highest BCUT2D eigenvalue weighted by Gasteiger charge is 2.51.